The summed E-state index contributed by atoms with van der Waals surface area (Å²) >= 11 is 0. The van der Waals surface area contributed by atoms with Crippen molar-refractivity contribution in [2.45, 2.75) is 25.3 Å². The summed E-state index contributed by atoms with van der Waals surface area (Å²) < 4.78 is 5.08. The van der Waals surface area contributed by atoms with Crippen molar-refractivity contribution in [3.63, 3.8) is 0 Å². The molecule has 0 amide bonds. The third-order valence-electron chi connectivity index (χ3n) is 3.41. The van der Waals surface area contributed by atoms with Crippen LogP contribution in [0.15, 0.2) is 24.3 Å². The monoisotopic (exact) mass is 255 g/mol. The van der Waals surface area contributed by atoms with Crippen LogP contribution in [-0.2, 0) is 4.79 Å². The van der Waals surface area contributed by atoms with Crippen molar-refractivity contribution in [1.82, 2.24) is 4.90 Å². The maximum absolute atomic E-state index is 11.4. The predicted octanol–water partition coefficient (Wildman–Crippen LogP) is -2.02. The van der Waals surface area contributed by atoms with Crippen molar-refractivity contribution >= 4 is 5.97 Å². The summed E-state index contributed by atoms with van der Waals surface area (Å²) in [5.41, 5.74) is 0.762. The third-order valence-corrected chi connectivity index (χ3v) is 3.41. The predicted molar refractivity (Wildman–Crippen MR) is 66.2 cm³/mol. The Morgan fingerprint density at radius 1 is 1.21 bits per heavy atom. The number of hydrogen-bond donors (Lipinski definition) is 0. The number of carbonyl (C=O) groups is 1. The minimum atomic E-state index is -1.03. The second-order valence-corrected chi connectivity index (χ2v) is 4.59. The van der Waals surface area contributed by atoms with E-state index in [1.54, 1.807) is 31.4 Å². The molecule has 98 valence electrons. The maximum Gasteiger partial charge on any atom is 1.00 e. The van der Waals surface area contributed by atoms with Crippen LogP contribution in [0.5, 0.6) is 5.75 Å². The first kappa shape index (κ1) is 16.1. The van der Waals surface area contributed by atoms with E-state index in [4.69, 9.17) is 4.74 Å². The van der Waals surface area contributed by atoms with Crippen LogP contribution in [0, 0.1) is 0 Å². The normalized spacial score (nSPS) is 17.3. The van der Waals surface area contributed by atoms with E-state index >= 15 is 0 Å². The zero-order chi connectivity index (χ0) is 13.0. The van der Waals surface area contributed by atoms with Crippen LogP contribution in [0.4, 0.5) is 0 Å². The molecular weight excluding hydrogens is 237 g/mol. The molecule has 1 aliphatic rings. The standard InChI is InChI=1S/C14H19NO3.Li/c1-18-12-7-5-11(6-8-12)13(14(16)17)15-9-3-2-4-10-15;/h5-8,13H,2-4,9-10H2,1H3,(H,16,17);/q;+1/p-1. The average molecular weight is 255 g/mol. The van der Waals surface area contributed by atoms with Gasteiger partial charge in [0.05, 0.1) is 19.1 Å². The molecule has 1 aromatic carbocycles. The largest absolute Gasteiger partial charge is 1.00 e. The van der Waals surface area contributed by atoms with Gasteiger partial charge in [0.15, 0.2) is 0 Å². The fourth-order valence-electron chi connectivity index (χ4n) is 2.46. The Morgan fingerprint density at radius 3 is 2.26 bits per heavy atom. The number of rotatable bonds is 4. The Hall–Kier alpha value is -0.953. The van der Waals surface area contributed by atoms with Gasteiger partial charge in [0.25, 0.3) is 0 Å². The number of carbonyl (C=O) groups excluding carboxylic acids is 1. The fraction of sp³-hybridized carbons (Fsp3) is 0.500. The summed E-state index contributed by atoms with van der Waals surface area (Å²) in [7, 11) is 1.59. The van der Waals surface area contributed by atoms with Crippen molar-refractivity contribution < 1.29 is 33.5 Å². The zero-order valence-corrected chi connectivity index (χ0v) is 11.6. The maximum atomic E-state index is 11.4. The Balaban J connectivity index is 0.00000180. The SMILES string of the molecule is COc1ccc(C(C(=O)[O-])N2CCCCC2)cc1.[Li+]. The summed E-state index contributed by atoms with van der Waals surface area (Å²) in [6.45, 7) is 1.65. The fourth-order valence-corrected chi connectivity index (χ4v) is 2.46. The van der Waals surface area contributed by atoms with E-state index in [0.717, 1.165) is 37.2 Å². The number of hydrogen-bond acceptors (Lipinski definition) is 4. The number of nitrogens with zero attached hydrogens (tertiary/aromatic N) is 1. The molecular formula is C14H18LiNO3. The van der Waals surface area contributed by atoms with Crippen molar-refractivity contribution in [3.05, 3.63) is 29.8 Å². The van der Waals surface area contributed by atoms with Gasteiger partial charge in [0.1, 0.15) is 5.75 Å². The number of methoxy groups -OCH3 is 1. The Bertz CT molecular complexity index is 402. The van der Waals surface area contributed by atoms with E-state index in [-0.39, 0.29) is 18.9 Å². The summed E-state index contributed by atoms with van der Waals surface area (Å²) in [5.74, 6) is -0.295. The molecule has 0 radical (unpaired) electrons. The van der Waals surface area contributed by atoms with Gasteiger partial charge in [0.2, 0.25) is 0 Å². The van der Waals surface area contributed by atoms with Gasteiger partial charge >= 0.3 is 18.9 Å². The van der Waals surface area contributed by atoms with Gasteiger partial charge in [-0.05, 0) is 43.6 Å². The van der Waals surface area contributed by atoms with E-state index in [1.165, 1.54) is 6.42 Å². The van der Waals surface area contributed by atoms with Gasteiger partial charge in [-0.2, -0.15) is 0 Å². The van der Waals surface area contributed by atoms with E-state index in [1.807, 2.05) is 4.90 Å². The number of ether oxygens (including phenoxy) is 1. The molecule has 19 heavy (non-hydrogen) atoms. The molecule has 1 fully saturated rings. The van der Waals surface area contributed by atoms with E-state index in [9.17, 15) is 9.90 Å². The van der Waals surface area contributed by atoms with Crippen LogP contribution in [0.2, 0.25) is 0 Å². The number of likely N-dealkylation sites (tertiary alicyclic amines) is 1. The first-order valence-electron chi connectivity index (χ1n) is 6.31. The molecule has 1 aliphatic heterocycles. The number of piperidine rings is 1. The van der Waals surface area contributed by atoms with Crippen LogP contribution in [0.3, 0.4) is 0 Å². The summed E-state index contributed by atoms with van der Waals surface area (Å²) in [4.78, 5) is 13.4. The zero-order valence-electron chi connectivity index (χ0n) is 11.6. The van der Waals surface area contributed by atoms with Gasteiger partial charge in [-0.1, -0.05) is 18.6 Å². The molecule has 2 rings (SSSR count). The molecule has 1 atom stereocenters. The second kappa shape index (κ2) is 7.59. The summed E-state index contributed by atoms with van der Waals surface area (Å²) in [6.07, 6.45) is 3.29. The Labute approximate surface area is 125 Å². The Morgan fingerprint density at radius 2 is 1.79 bits per heavy atom. The first-order valence-corrected chi connectivity index (χ1v) is 6.31. The van der Waals surface area contributed by atoms with Crippen LogP contribution in [0.1, 0.15) is 30.9 Å². The molecule has 0 saturated carbocycles. The van der Waals surface area contributed by atoms with Crippen molar-refractivity contribution in [3.8, 4) is 5.75 Å². The van der Waals surface area contributed by atoms with Crippen molar-refractivity contribution in [2.24, 2.45) is 0 Å². The molecule has 0 spiro atoms. The quantitative estimate of drug-likeness (QED) is 0.583. The number of aliphatic carboxylic acids is 1. The molecule has 0 aromatic heterocycles. The molecule has 5 heteroatoms. The van der Waals surface area contributed by atoms with Crippen molar-refractivity contribution in [2.75, 3.05) is 20.2 Å². The molecule has 1 saturated heterocycles. The van der Waals surface area contributed by atoms with Gasteiger partial charge in [-0.3, -0.25) is 4.90 Å². The van der Waals surface area contributed by atoms with E-state index in [0.29, 0.717) is 0 Å². The molecule has 0 bridgehead atoms. The average Bonchev–Trinajstić information content (AvgIpc) is 2.40. The second-order valence-electron chi connectivity index (χ2n) is 4.59. The van der Waals surface area contributed by atoms with E-state index < -0.39 is 12.0 Å². The number of carboxylic acid groups (broad SMARTS) is 1. The molecule has 4 nitrogen and oxygen atoms in total. The molecule has 0 N–H and O–H groups in total. The molecule has 1 unspecified atom stereocenters. The molecule has 1 heterocycles. The summed E-state index contributed by atoms with van der Waals surface area (Å²) in [5, 5.41) is 11.4. The van der Waals surface area contributed by atoms with Crippen LogP contribution in [0.25, 0.3) is 0 Å². The molecule has 1 aromatic rings. The smallest absolute Gasteiger partial charge is 0.548 e. The van der Waals surface area contributed by atoms with Crippen LogP contribution in [-0.4, -0.2) is 31.1 Å². The minimum Gasteiger partial charge on any atom is -0.548 e. The van der Waals surface area contributed by atoms with Gasteiger partial charge in [0, 0.05) is 0 Å². The Kier molecular flexibility index (Phi) is 6.43. The first-order chi connectivity index (χ1) is 8.72. The number of carboxylic acids is 1. The molecule has 0 aliphatic carbocycles. The topological polar surface area (TPSA) is 52.6 Å². The minimum absolute atomic E-state index is 0. The van der Waals surface area contributed by atoms with Crippen LogP contribution >= 0.6 is 0 Å². The van der Waals surface area contributed by atoms with Gasteiger partial charge in [-0.25, -0.2) is 0 Å². The van der Waals surface area contributed by atoms with Gasteiger partial charge in [-0.15, -0.1) is 0 Å². The van der Waals surface area contributed by atoms with Crippen LogP contribution < -0.4 is 28.7 Å². The van der Waals surface area contributed by atoms with E-state index in [2.05, 4.69) is 0 Å². The third kappa shape index (κ3) is 4.00. The van der Waals surface area contributed by atoms with Gasteiger partial charge < -0.3 is 14.6 Å². The number of benzene rings is 1. The van der Waals surface area contributed by atoms with Crippen molar-refractivity contribution in [1.29, 1.82) is 0 Å². The summed E-state index contributed by atoms with van der Waals surface area (Å²) in [6, 6.07) is 6.53.